The fourth-order valence-corrected chi connectivity index (χ4v) is 3.13. The van der Waals surface area contributed by atoms with Crippen LogP contribution in [-0.2, 0) is 9.59 Å². The number of hydrogen-bond acceptors (Lipinski definition) is 4. The zero-order valence-corrected chi connectivity index (χ0v) is 12.2. The molecule has 0 radical (unpaired) electrons. The summed E-state index contributed by atoms with van der Waals surface area (Å²) in [6.45, 7) is 0. The highest BCUT2D eigenvalue weighted by Crippen LogP contribution is 2.44. The van der Waals surface area contributed by atoms with Gasteiger partial charge >= 0.3 is 0 Å². The van der Waals surface area contributed by atoms with Crippen LogP contribution >= 0.6 is 0 Å². The summed E-state index contributed by atoms with van der Waals surface area (Å²) in [4.78, 5) is 23.2. The summed E-state index contributed by atoms with van der Waals surface area (Å²) in [5.41, 5.74) is 0.150. The average Bonchev–Trinajstić information content (AvgIpc) is 2.86. The van der Waals surface area contributed by atoms with Crippen LogP contribution in [0.25, 0.3) is 0 Å². The number of carboxylic acids is 1. The normalized spacial score (nSPS) is 16.4. The largest absolute Gasteiger partial charge is 0.550 e. The van der Waals surface area contributed by atoms with Gasteiger partial charge in [-0.15, -0.1) is 0 Å². The molecule has 5 nitrogen and oxygen atoms in total. The Bertz CT molecular complexity index is 521. The number of nitrogens with one attached hydrogen (secondary N) is 1. The molecule has 0 bridgehead atoms. The Morgan fingerprint density at radius 1 is 1.24 bits per heavy atom. The Labute approximate surface area is 124 Å². The van der Waals surface area contributed by atoms with Gasteiger partial charge in [-0.05, 0) is 36.8 Å². The molecule has 0 saturated heterocycles. The predicted octanol–water partition coefficient (Wildman–Crippen LogP) is 1.72. The van der Waals surface area contributed by atoms with Crippen molar-refractivity contribution in [2.45, 2.75) is 38.5 Å². The summed E-state index contributed by atoms with van der Waals surface area (Å²) in [5, 5.41) is 13.7. The lowest BCUT2D eigenvalue weighted by molar-refractivity contribution is -0.308. The van der Waals surface area contributed by atoms with Gasteiger partial charge in [-0.3, -0.25) is 4.79 Å². The first-order chi connectivity index (χ1) is 10.0. The quantitative estimate of drug-likeness (QED) is 0.865. The third kappa shape index (κ3) is 3.97. The number of carbonyl (C=O) groups excluding carboxylic acids is 2. The van der Waals surface area contributed by atoms with E-state index in [-0.39, 0.29) is 18.7 Å². The average molecular weight is 290 g/mol. The molecule has 0 heterocycles. The van der Waals surface area contributed by atoms with Crippen molar-refractivity contribution in [3.8, 4) is 5.75 Å². The second-order valence-electron chi connectivity index (χ2n) is 5.68. The molecule has 2 rings (SSSR count). The van der Waals surface area contributed by atoms with E-state index in [4.69, 9.17) is 4.74 Å². The van der Waals surface area contributed by atoms with Crippen LogP contribution in [0.15, 0.2) is 24.3 Å². The van der Waals surface area contributed by atoms with Crippen molar-refractivity contribution in [1.29, 1.82) is 0 Å². The summed E-state index contributed by atoms with van der Waals surface area (Å²) in [6, 6.07) is 7.16. The molecule has 1 amide bonds. The van der Waals surface area contributed by atoms with Crippen molar-refractivity contribution < 1.29 is 19.4 Å². The molecule has 114 valence electrons. The van der Waals surface area contributed by atoms with Gasteiger partial charge in [0.25, 0.3) is 0 Å². The molecule has 1 fully saturated rings. The van der Waals surface area contributed by atoms with E-state index in [0.29, 0.717) is 11.4 Å². The van der Waals surface area contributed by atoms with Gasteiger partial charge in [0.15, 0.2) is 0 Å². The van der Waals surface area contributed by atoms with Gasteiger partial charge in [-0.2, -0.15) is 0 Å². The Morgan fingerprint density at radius 2 is 1.90 bits per heavy atom. The third-order valence-corrected chi connectivity index (χ3v) is 4.10. The molecule has 0 aromatic heterocycles. The van der Waals surface area contributed by atoms with Crippen molar-refractivity contribution >= 4 is 17.6 Å². The fraction of sp³-hybridized carbons (Fsp3) is 0.500. The van der Waals surface area contributed by atoms with E-state index >= 15 is 0 Å². The first-order valence-corrected chi connectivity index (χ1v) is 7.17. The van der Waals surface area contributed by atoms with E-state index in [1.54, 1.807) is 19.2 Å². The molecule has 1 N–H and O–H groups in total. The minimum absolute atomic E-state index is 0.0493. The van der Waals surface area contributed by atoms with E-state index in [1.807, 2.05) is 12.1 Å². The van der Waals surface area contributed by atoms with Gasteiger partial charge in [0.05, 0.1) is 12.8 Å². The number of ether oxygens (including phenoxy) is 1. The molecular weight excluding hydrogens is 270 g/mol. The molecule has 0 unspecified atom stereocenters. The molecule has 5 heteroatoms. The number of benzene rings is 1. The molecule has 0 spiro atoms. The van der Waals surface area contributed by atoms with Gasteiger partial charge in [0.1, 0.15) is 5.75 Å². The summed E-state index contributed by atoms with van der Waals surface area (Å²) in [7, 11) is 1.54. The van der Waals surface area contributed by atoms with E-state index in [9.17, 15) is 14.7 Å². The standard InChI is InChI=1S/C16H21NO4/c1-21-13-7-3-2-6-12(13)17-14(18)10-16(11-15(19)20)8-4-5-9-16/h2-3,6-7H,4-5,8-11H2,1H3,(H,17,18)(H,19,20)/p-1. The summed E-state index contributed by atoms with van der Waals surface area (Å²) in [5.74, 6) is -0.670. The molecule has 1 aliphatic rings. The number of methoxy groups -OCH3 is 1. The number of carboxylic acid groups (broad SMARTS) is 1. The summed E-state index contributed by atoms with van der Waals surface area (Å²) in [6.07, 6.45) is 3.62. The number of para-hydroxylation sites is 2. The second kappa shape index (κ2) is 6.61. The number of rotatable bonds is 6. The number of amides is 1. The van der Waals surface area contributed by atoms with Crippen LogP contribution in [0.3, 0.4) is 0 Å². The fourth-order valence-electron chi connectivity index (χ4n) is 3.13. The van der Waals surface area contributed by atoms with Crippen LogP contribution in [0, 0.1) is 5.41 Å². The van der Waals surface area contributed by atoms with Crippen LogP contribution in [0.4, 0.5) is 5.69 Å². The highest BCUT2D eigenvalue weighted by molar-refractivity contribution is 5.93. The minimum atomic E-state index is -1.08. The van der Waals surface area contributed by atoms with Gasteiger partial charge in [0, 0.05) is 12.4 Å². The van der Waals surface area contributed by atoms with Crippen molar-refractivity contribution in [2.24, 2.45) is 5.41 Å². The predicted molar refractivity (Wildman–Crippen MR) is 76.8 cm³/mol. The van der Waals surface area contributed by atoms with E-state index < -0.39 is 11.4 Å². The van der Waals surface area contributed by atoms with E-state index in [1.165, 1.54) is 0 Å². The van der Waals surface area contributed by atoms with Crippen LogP contribution in [0.5, 0.6) is 5.75 Å². The monoisotopic (exact) mass is 290 g/mol. The van der Waals surface area contributed by atoms with Gasteiger partial charge < -0.3 is 20.0 Å². The smallest absolute Gasteiger partial charge is 0.225 e. The maximum atomic E-state index is 12.2. The number of aliphatic carboxylic acids is 1. The van der Waals surface area contributed by atoms with Crippen molar-refractivity contribution in [3.05, 3.63) is 24.3 Å². The Hall–Kier alpha value is -2.04. The molecular formula is C16H20NO4-. The van der Waals surface area contributed by atoms with Crippen LogP contribution in [0.2, 0.25) is 0 Å². The van der Waals surface area contributed by atoms with Crippen LogP contribution in [-0.4, -0.2) is 19.0 Å². The highest BCUT2D eigenvalue weighted by atomic mass is 16.5. The van der Waals surface area contributed by atoms with Crippen LogP contribution < -0.4 is 15.2 Å². The molecule has 21 heavy (non-hydrogen) atoms. The zero-order valence-electron chi connectivity index (χ0n) is 12.2. The topological polar surface area (TPSA) is 78.5 Å². The zero-order chi connectivity index (χ0) is 15.3. The van der Waals surface area contributed by atoms with E-state index in [2.05, 4.69) is 5.32 Å². The number of hydrogen-bond donors (Lipinski definition) is 1. The molecule has 0 atom stereocenters. The SMILES string of the molecule is COc1ccccc1NC(=O)CC1(CC(=O)[O-])CCCC1. The van der Waals surface area contributed by atoms with Crippen molar-refractivity contribution in [2.75, 3.05) is 12.4 Å². The maximum absolute atomic E-state index is 12.2. The Morgan fingerprint density at radius 3 is 2.52 bits per heavy atom. The molecule has 1 aromatic carbocycles. The third-order valence-electron chi connectivity index (χ3n) is 4.10. The maximum Gasteiger partial charge on any atom is 0.225 e. The first kappa shape index (κ1) is 15.4. The molecule has 0 aliphatic heterocycles. The molecule has 1 aliphatic carbocycles. The second-order valence-corrected chi connectivity index (χ2v) is 5.68. The highest BCUT2D eigenvalue weighted by Gasteiger charge is 2.36. The summed E-state index contributed by atoms with van der Waals surface area (Å²) >= 11 is 0. The van der Waals surface area contributed by atoms with Crippen LogP contribution in [0.1, 0.15) is 38.5 Å². The number of anilines is 1. The first-order valence-electron chi connectivity index (χ1n) is 7.17. The molecule has 1 aromatic rings. The minimum Gasteiger partial charge on any atom is -0.550 e. The lowest BCUT2D eigenvalue weighted by Crippen LogP contribution is -2.33. The molecule has 1 saturated carbocycles. The van der Waals surface area contributed by atoms with E-state index in [0.717, 1.165) is 25.7 Å². The lowest BCUT2D eigenvalue weighted by atomic mass is 9.79. The lowest BCUT2D eigenvalue weighted by Gasteiger charge is -2.28. The Balaban J connectivity index is 2.04. The number of carbonyl (C=O) groups is 2. The van der Waals surface area contributed by atoms with Crippen molar-refractivity contribution in [3.63, 3.8) is 0 Å². The van der Waals surface area contributed by atoms with Gasteiger partial charge in [-0.25, -0.2) is 0 Å². The Kier molecular flexibility index (Phi) is 4.83. The summed E-state index contributed by atoms with van der Waals surface area (Å²) < 4.78 is 5.19. The van der Waals surface area contributed by atoms with Gasteiger partial charge in [-0.1, -0.05) is 25.0 Å². The van der Waals surface area contributed by atoms with Crippen molar-refractivity contribution in [1.82, 2.24) is 0 Å². The van der Waals surface area contributed by atoms with Gasteiger partial charge in [0.2, 0.25) is 5.91 Å².